The van der Waals surface area contributed by atoms with Crippen molar-refractivity contribution in [3.05, 3.63) is 22.7 Å². The molecule has 1 atom stereocenters. The second-order valence-electron chi connectivity index (χ2n) is 6.63. The number of nitrogens with zero attached hydrogens (tertiary/aromatic N) is 2. The number of hydrogen-bond acceptors (Lipinski definition) is 3. The molecule has 24 heavy (non-hydrogen) atoms. The summed E-state index contributed by atoms with van der Waals surface area (Å²) in [5.74, 6) is 0.275. The lowest BCUT2D eigenvalue weighted by molar-refractivity contribution is -0.126. The first-order valence-corrected chi connectivity index (χ1v) is 9.15. The van der Waals surface area contributed by atoms with Crippen LogP contribution >= 0.6 is 15.9 Å². The van der Waals surface area contributed by atoms with E-state index in [0.717, 1.165) is 28.2 Å². The summed E-state index contributed by atoms with van der Waals surface area (Å²) in [4.78, 5) is 26.5. The van der Waals surface area contributed by atoms with Crippen LogP contribution in [-0.4, -0.2) is 34.6 Å². The molecule has 0 spiro atoms. The van der Waals surface area contributed by atoms with E-state index in [1.807, 2.05) is 18.2 Å². The van der Waals surface area contributed by atoms with Gasteiger partial charge < -0.3 is 5.32 Å². The van der Waals surface area contributed by atoms with Gasteiger partial charge in [0.15, 0.2) is 5.82 Å². The minimum atomic E-state index is -0.291. The number of aromatic amines is 1. The molecule has 6 nitrogen and oxygen atoms in total. The van der Waals surface area contributed by atoms with E-state index in [9.17, 15) is 9.59 Å². The van der Waals surface area contributed by atoms with Crippen molar-refractivity contribution in [2.24, 2.45) is 5.92 Å². The van der Waals surface area contributed by atoms with Gasteiger partial charge in [-0.15, -0.1) is 0 Å². The molecule has 1 aliphatic heterocycles. The van der Waals surface area contributed by atoms with E-state index in [1.165, 1.54) is 12.8 Å². The van der Waals surface area contributed by atoms with Gasteiger partial charge in [-0.25, -0.2) is 0 Å². The lowest BCUT2D eigenvalue weighted by Crippen LogP contribution is -2.38. The Labute approximate surface area is 148 Å². The molecule has 2 fully saturated rings. The summed E-state index contributed by atoms with van der Waals surface area (Å²) in [5, 5.41) is 11.2. The van der Waals surface area contributed by atoms with Crippen molar-refractivity contribution < 1.29 is 9.59 Å². The molecule has 2 aliphatic rings. The molecular formula is C17H19BrN4O2. The zero-order chi connectivity index (χ0) is 16.7. The molecule has 0 unspecified atom stereocenters. The van der Waals surface area contributed by atoms with E-state index in [-0.39, 0.29) is 30.2 Å². The van der Waals surface area contributed by atoms with Crippen LogP contribution in [0.4, 0.5) is 5.82 Å². The lowest BCUT2D eigenvalue weighted by atomic mass is 10.1. The summed E-state index contributed by atoms with van der Waals surface area (Å²) in [6.45, 7) is 0.396. The number of aromatic nitrogens is 2. The normalized spacial score (nSPS) is 21.8. The molecule has 1 saturated carbocycles. The second-order valence-corrected chi connectivity index (χ2v) is 7.55. The maximum atomic E-state index is 12.4. The van der Waals surface area contributed by atoms with Gasteiger partial charge >= 0.3 is 0 Å². The third-order valence-electron chi connectivity index (χ3n) is 4.96. The van der Waals surface area contributed by atoms with E-state index in [0.29, 0.717) is 12.4 Å². The Morgan fingerprint density at radius 2 is 2.12 bits per heavy atom. The largest absolute Gasteiger partial charge is 0.353 e. The number of H-pyrrole nitrogens is 1. The Balaban J connectivity index is 1.51. The average Bonchev–Trinajstić information content (AvgIpc) is 3.26. The number of nitrogens with one attached hydrogen (secondary N) is 2. The number of carbonyl (C=O) groups excluding carboxylic acids is 2. The summed E-state index contributed by atoms with van der Waals surface area (Å²) in [6, 6.07) is 6.06. The van der Waals surface area contributed by atoms with E-state index in [2.05, 4.69) is 31.4 Å². The molecule has 2 aromatic rings. The van der Waals surface area contributed by atoms with Crippen LogP contribution in [0, 0.1) is 5.92 Å². The number of anilines is 1. The number of halogens is 1. The van der Waals surface area contributed by atoms with Crippen LogP contribution in [0.15, 0.2) is 22.7 Å². The third-order valence-corrected chi connectivity index (χ3v) is 5.45. The van der Waals surface area contributed by atoms with Crippen molar-refractivity contribution in [2.45, 2.75) is 38.1 Å². The monoisotopic (exact) mass is 390 g/mol. The highest BCUT2D eigenvalue weighted by Crippen LogP contribution is 2.31. The fourth-order valence-corrected chi connectivity index (χ4v) is 4.02. The van der Waals surface area contributed by atoms with E-state index in [4.69, 9.17) is 0 Å². The molecule has 4 rings (SSSR count). The number of hydrogen-bond donors (Lipinski definition) is 2. The smallest absolute Gasteiger partial charge is 0.229 e. The predicted octanol–water partition coefficient (Wildman–Crippen LogP) is 2.74. The van der Waals surface area contributed by atoms with Gasteiger partial charge in [-0.2, -0.15) is 5.10 Å². The molecule has 1 aromatic heterocycles. The van der Waals surface area contributed by atoms with Crippen molar-refractivity contribution in [2.75, 3.05) is 11.4 Å². The van der Waals surface area contributed by atoms with Crippen molar-refractivity contribution in [1.29, 1.82) is 0 Å². The van der Waals surface area contributed by atoms with Gasteiger partial charge in [-0.3, -0.25) is 19.6 Å². The summed E-state index contributed by atoms with van der Waals surface area (Å²) in [5.41, 5.74) is 0.867. The Bertz CT molecular complexity index is 797. The van der Waals surface area contributed by atoms with Crippen LogP contribution in [0.2, 0.25) is 0 Å². The van der Waals surface area contributed by atoms with Crippen molar-refractivity contribution in [3.8, 4) is 0 Å². The average molecular weight is 391 g/mol. The van der Waals surface area contributed by atoms with Gasteiger partial charge in [0.2, 0.25) is 11.8 Å². The van der Waals surface area contributed by atoms with Crippen LogP contribution in [-0.2, 0) is 9.59 Å². The van der Waals surface area contributed by atoms with Crippen LogP contribution in [0.25, 0.3) is 10.9 Å². The summed E-state index contributed by atoms with van der Waals surface area (Å²) >= 11 is 3.43. The first kappa shape index (κ1) is 15.6. The van der Waals surface area contributed by atoms with Crippen molar-refractivity contribution in [1.82, 2.24) is 15.5 Å². The Morgan fingerprint density at radius 3 is 2.92 bits per heavy atom. The van der Waals surface area contributed by atoms with Gasteiger partial charge in [0.05, 0.1) is 11.4 Å². The van der Waals surface area contributed by atoms with Crippen LogP contribution in [0.3, 0.4) is 0 Å². The van der Waals surface area contributed by atoms with Gasteiger partial charge in [0, 0.05) is 28.9 Å². The molecule has 7 heteroatoms. The zero-order valence-electron chi connectivity index (χ0n) is 13.2. The highest BCUT2D eigenvalue weighted by Gasteiger charge is 2.37. The van der Waals surface area contributed by atoms with Gasteiger partial charge in [-0.1, -0.05) is 28.8 Å². The number of carbonyl (C=O) groups is 2. The SMILES string of the molecule is O=C(NC1CCCC1)[C@H]1CC(=O)N(c2n[nH]c3cc(Br)ccc23)C1. The molecule has 1 aromatic carbocycles. The lowest BCUT2D eigenvalue weighted by Gasteiger charge is -2.16. The number of benzene rings is 1. The molecule has 0 bridgehead atoms. The molecule has 2 amide bonds. The minimum Gasteiger partial charge on any atom is -0.353 e. The fourth-order valence-electron chi connectivity index (χ4n) is 3.66. The third kappa shape index (κ3) is 2.81. The Kier molecular flexibility index (Phi) is 4.04. The molecule has 126 valence electrons. The van der Waals surface area contributed by atoms with E-state index < -0.39 is 0 Å². The second kappa shape index (κ2) is 6.20. The maximum Gasteiger partial charge on any atom is 0.229 e. The van der Waals surface area contributed by atoms with E-state index in [1.54, 1.807) is 4.90 Å². The maximum absolute atomic E-state index is 12.4. The van der Waals surface area contributed by atoms with Gasteiger partial charge in [-0.05, 0) is 31.0 Å². The number of amides is 2. The number of fused-ring (bicyclic) bond motifs is 1. The molecular weight excluding hydrogens is 372 g/mol. The molecule has 1 aliphatic carbocycles. The van der Waals surface area contributed by atoms with Crippen LogP contribution in [0.1, 0.15) is 32.1 Å². The first-order chi connectivity index (χ1) is 11.6. The predicted molar refractivity (Wildman–Crippen MR) is 94.7 cm³/mol. The Morgan fingerprint density at radius 1 is 1.33 bits per heavy atom. The summed E-state index contributed by atoms with van der Waals surface area (Å²) in [7, 11) is 0. The standard InChI is InChI=1S/C17H19BrN4O2/c18-11-5-6-13-14(8-11)20-21-16(13)22-9-10(7-15(22)23)17(24)19-12-3-1-2-4-12/h5-6,8,10,12H,1-4,7,9H2,(H,19,24)(H,20,21)/t10-/m0/s1. The first-order valence-electron chi connectivity index (χ1n) is 8.36. The fraction of sp³-hybridized carbons (Fsp3) is 0.471. The highest BCUT2D eigenvalue weighted by molar-refractivity contribution is 9.10. The minimum absolute atomic E-state index is 0.000311. The number of rotatable bonds is 3. The van der Waals surface area contributed by atoms with Crippen LogP contribution in [0.5, 0.6) is 0 Å². The van der Waals surface area contributed by atoms with Crippen LogP contribution < -0.4 is 10.2 Å². The van der Waals surface area contributed by atoms with E-state index >= 15 is 0 Å². The highest BCUT2D eigenvalue weighted by atomic mass is 79.9. The summed E-state index contributed by atoms with van der Waals surface area (Å²) < 4.78 is 0.951. The summed E-state index contributed by atoms with van der Waals surface area (Å²) in [6.07, 6.45) is 4.71. The molecule has 1 saturated heterocycles. The zero-order valence-corrected chi connectivity index (χ0v) is 14.8. The Hall–Kier alpha value is -1.89. The quantitative estimate of drug-likeness (QED) is 0.845. The molecule has 2 heterocycles. The van der Waals surface area contributed by atoms with Crippen molar-refractivity contribution in [3.63, 3.8) is 0 Å². The topological polar surface area (TPSA) is 78.1 Å². The van der Waals surface area contributed by atoms with Gasteiger partial charge in [0.1, 0.15) is 0 Å². The van der Waals surface area contributed by atoms with Gasteiger partial charge in [0.25, 0.3) is 0 Å². The molecule has 0 radical (unpaired) electrons. The van der Waals surface area contributed by atoms with Crippen molar-refractivity contribution >= 4 is 44.5 Å². The molecule has 2 N–H and O–H groups in total.